The van der Waals surface area contributed by atoms with Crippen LogP contribution >= 0.6 is 0 Å². The number of benzene rings is 2. The van der Waals surface area contributed by atoms with Crippen molar-refractivity contribution in [2.75, 3.05) is 14.2 Å². The van der Waals surface area contributed by atoms with E-state index in [1.807, 2.05) is 0 Å². The average molecular weight is 293 g/mol. The third-order valence-corrected chi connectivity index (χ3v) is 3.32. The van der Waals surface area contributed by atoms with Gasteiger partial charge < -0.3 is 15.2 Å². The molecule has 112 valence electrons. The number of methoxy groups -OCH3 is 2. The molecule has 0 amide bonds. The Bertz CT molecular complexity index is 611. The van der Waals surface area contributed by atoms with Crippen LogP contribution < -0.4 is 15.2 Å². The molecule has 0 spiro atoms. The van der Waals surface area contributed by atoms with E-state index in [1.54, 1.807) is 18.2 Å². The molecule has 3 nitrogen and oxygen atoms in total. The third kappa shape index (κ3) is 3.31. The molecule has 5 heteroatoms. The molecule has 1 unspecified atom stereocenters. The van der Waals surface area contributed by atoms with Crippen LogP contribution in [0.4, 0.5) is 8.78 Å². The fraction of sp³-hybridized carbons (Fsp3) is 0.250. The first kappa shape index (κ1) is 15.3. The van der Waals surface area contributed by atoms with Gasteiger partial charge in [-0.15, -0.1) is 0 Å². The molecule has 0 heterocycles. The van der Waals surface area contributed by atoms with Gasteiger partial charge in [-0.1, -0.05) is 12.1 Å². The summed E-state index contributed by atoms with van der Waals surface area (Å²) in [6, 6.07) is 8.41. The Labute approximate surface area is 122 Å². The van der Waals surface area contributed by atoms with Crippen molar-refractivity contribution < 1.29 is 18.3 Å². The largest absolute Gasteiger partial charge is 0.493 e. The molecule has 0 aliphatic heterocycles. The van der Waals surface area contributed by atoms with Gasteiger partial charge in [0.05, 0.1) is 14.2 Å². The summed E-state index contributed by atoms with van der Waals surface area (Å²) in [7, 11) is 3.05. The van der Waals surface area contributed by atoms with Crippen LogP contribution in [-0.4, -0.2) is 14.2 Å². The topological polar surface area (TPSA) is 44.5 Å². The van der Waals surface area contributed by atoms with E-state index in [0.29, 0.717) is 11.5 Å². The maximum atomic E-state index is 13.7. The first-order chi connectivity index (χ1) is 10.1. The maximum Gasteiger partial charge on any atom is 0.161 e. The van der Waals surface area contributed by atoms with Crippen molar-refractivity contribution in [1.29, 1.82) is 0 Å². The highest BCUT2D eigenvalue weighted by Crippen LogP contribution is 2.30. The summed E-state index contributed by atoms with van der Waals surface area (Å²) in [5.74, 6) is -0.0816. The lowest BCUT2D eigenvalue weighted by atomic mass is 9.98. The van der Waals surface area contributed by atoms with Gasteiger partial charge in [-0.3, -0.25) is 0 Å². The Hall–Kier alpha value is -2.14. The molecule has 0 aromatic heterocycles. The molecule has 0 aliphatic carbocycles. The molecule has 2 N–H and O–H groups in total. The lowest BCUT2D eigenvalue weighted by Crippen LogP contribution is -2.15. The molecule has 0 bridgehead atoms. The fourth-order valence-corrected chi connectivity index (χ4v) is 2.15. The first-order valence-corrected chi connectivity index (χ1v) is 6.47. The molecule has 0 fully saturated rings. The molecule has 2 aromatic rings. The summed E-state index contributed by atoms with van der Waals surface area (Å²) in [4.78, 5) is 0. The van der Waals surface area contributed by atoms with E-state index < -0.39 is 17.7 Å². The van der Waals surface area contributed by atoms with E-state index in [2.05, 4.69) is 0 Å². The molecule has 0 saturated carbocycles. The van der Waals surface area contributed by atoms with Gasteiger partial charge in [0.15, 0.2) is 11.5 Å². The molecule has 1 atom stereocenters. The van der Waals surface area contributed by atoms with Gasteiger partial charge in [0.2, 0.25) is 0 Å². The zero-order valence-electron chi connectivity index (χ0n) is 11.9. The van der Waals surface area contributed by atoms with Crippen LogP contribution in [0.25, 0.3) is 0 Å². The smallest absolute Gasteiger partial charge is 0.161 e. The van der Waals surface area contributed by atoms with E-state index >= 15 is 0 Å². The first-order valence-electron chi connectivity index (χ1n) is 6.47. The van der Waals surface area contributed by atoms with Gasteiger partial charge in [-0.25, -0.2) is 8.78 Å². The summed E-state index contributed by atoms with van der Waals surface area (Å²) in [6.45, 7) is 0. The minimum absolute atomic E-state index is 0.0141. The van der Waals surface area contributed by atoms with Gasteiger partial charge in [0.25, 0.3) is 0 Å². The minimum Gasteiger partial charge on any atom is -0.493 e. The van der Waals surface area contributed by atoms with Crippen LogP contribution in [0.3, 0.4) is 0 Å². The number of hydrogen-bond donors (Lipinski definition) is 1. The van der Waals surface area contributed by atoms with Crippen molar-refractivity contribution in [3.8, 4) is 11.5 Å². The number of halogens is 2. The molecule has 0 saturated heterocycles. The van der Waals surface area contributed by atoms with Crippen molar-refractivity contribution in [3.05, 3.63) is 59.2 Å². The van der Waals surface area contributed by atoms with E-state index in [4.69, 9.17) is 15.2 Å². The van der Waals surface area contributed by atoms with E-state index in [-0.39, 0.29) is 12.0 Å². The quantitative estimate of drug-likeness (QED) is 0.920. The molecule has 0 aliphatic rings. The van der Waals surface area contributed by atoms with E-state index in [9.17, 15) is 8.78 Å². The van der Waals surface area contributed by atoms with Crippen LogP contribution in [0.1, 0.15) is 17.2 Å². The predicted molar refractivity (Wildman–Crippen MR) is 76.5 cm³/mol. The van der Waals surface area contributed by atoms with Crippen molar-refractivity contribution in [2.45, 2.75) is 12.5 Å². The molecule has 21 heavy (non-hydrogen) atoms. The maximum absolute atomic E-state index is 13.7. The van der Waals surface area contributed by atoms with E-state index in [1.165, 1.54) is 32.4 Å². The van der Waals surface area contributed by atoms with Crippen LogP contribution in [0.5, 0.6) is 11.5 Å². The van der Waals surface area contributed by atoms with Crippen LogP contribution in [0.2, 0.25) is 0 Å². The summed E-state index contributed by atoms with van der Waals surface area (Å²) in [6.07, 6.45) is 0.0635. The average Bonchev–Trinajstić information content (AvgIpc) is 2.50. The van der Waals surface area contributed by atoms with Gasteiger partial charge in [-0.05, 0) is 36.2 Å². The highest BCUT2D eigenvalue weighted by molar-refractivity contribution is 5.44. The van der Waals surface area contributed by atoms with Crippen LogP contribution in [0, 0.1) is 11.6 Å². The number of ether oxygens (including phenoxy) is 2. The SMILES string of the molecule is COc1ccc(C(N)Cc2c(F)cccc2F)cc1OC. The van der Waals surface area contributed by atoms with Gasteiger partial charge in [0, 0.05) is 11.6 Å². The highest BCUT2D eigenvalue weighted by atomic mass is 19.1. The second-order valence-electron chi connectivity index (χ2n) is 4.63. The fourth-order valence-electron chi connectivity index (χ4n) is 2.15. The third-order valence-electron chi connectivity index (χ3n) is 3.32. The zero-order valence-corrected chi connectivity index (χ0v) is 11.9. The van der Waals surface area contributed by atoms with Gasteiger partial charge in [0.1, 0.15) is 11.6 Å². The Morgan fingerprint density at radius 3 is 2.19 bits per heavy atom. The molecule has 2 rings (SSSR count). The Morgan fingerprint density at radius 2 is 1.62 bits per heavy atom. The Kier molecular flexibility index (Phi) is 4.75. The normalized spacial score (nSPS) is 12.0. The second-order valence-corrected chi connectivity index (χ2v) is 4.63. The van der Waals surface area contributed by atoms with Gasteiger partial charge >= 0.3 is 0 Å². The molecular weight excluding hydrogens is 276 g/mol. The molecule has 0 radical (unpaired) electrons. The van der Waals surface area contributed by atoms with Crippen molar-refractivity contribution in [1.82, 2.24) is 0 Å². The predicted octanol–water partition coefficient (Wildman–Crippen LogP) is 3.22. The second kappa shape index (κ2) is 6.54. The summed E-state index contributed by atoms with van der Waals surface area (Å²) < 4.78 is 37.6. The van der Waals surface area contributed by atoms with Crippen LogP contribution in [-0.2, 0) is 6.42 Å². The number of hydrogen-bond acceptors (Lipinski definition) is 3. The summed E-state index contributed by atoms with van der Waals surface area (Å²) in [5.41, 5.74) is 6.75. The number of rotatable bonds is 5. The highest BCUT2D eigenvalue weighted by Gasteiger charge is 2.16. The monoisotopic (exact) mass is 293 g/mol. The molecular formula is C16H17F2NO2. The Morgan fingerprint density at radius 1 is 1.00 bits per heavy atom. The van der Waals surface area contributed by atoms with Crippen LogP contribution in [0.15, 0.2) is 36.4 Å². The molecule has 2 aromatic carbocycles. The Balaban J connectivity index is 2.26. The van der Waals surface area contributed by atoms with Crippen molar-refractivity contribution in [2.24, 2.45) is 5.73 Å². The van der Waals surface area contributed by atoms with Gasteiger partial charge in [-0.2, -0.15) is 0 Å². The van der Waals surface area contributed by atoms with Crippen molar-refractivity contribution >= 4 is 0 Å². The lowest BCUT2D eigenvalue weighted by molar-refractivity contribution is 0.354. The summed E-state index contributed by atoms with van der Waals surface area (Å²) in [5, 5.41) is 0. The minimum atomic E-state index is -0.592. The zero-order chi connectivity index (χ0) is 15.4. The van der Waals surface area contributed by atoms with E-state index in [0.717, 1.165) is 5.56 Å². The number of nitrogens with two attached hydrogens (primary N) is 1. The summed E-state index contributed by atoms with van der Waals surface area (Å²) >= 11 is 0. The van der Waals surface area contributed by atoms with Crippen molar-refractivity contribution in [3.63, 3.8) is 0 Å². The lowest BCUT2D eigenvalue weighted by Gasteiger charge is -2.15. The standard InChI is InChI=1S/C16H17F2NO2/c1-20-15-7-6-10(8-16(15)21-2)14(19)9-11-12(17)4-3-5-13(11)18/h3-8,14H,9,19H2,1-2H3.